The monoisotopic (exact) mass is 253 g/mol. The van der Waals surface area contributed by atoms with Gasteiger partial charge in [0.15, 0.2) is 0 Å². The van der Waals surface area contributed by atoms with Gasteiger partial charge in [0.2, 0.25) is 0 Å². The van der Waals surface area contributed by atoms with Crippen LogP contribution in [0.2, 0.25) is 0 Å². The molecule has 0 aliphatic rings. The number of methoxy groups -OCH3 is 1. The van der Waals surface area contributed by atoms with Gasteiger partial charge < -0.3 is 4.74 Å². The lowest BCUT2D eigenvalue weighted by atomic mass is 10.4. The van der Waals surface area contributed by atoms with Crippen LogP contribution in [0, 0.1) is 0 Å². The van der Waals surface area contributed by atoms with Crippen molar-refractivity contribution in [3.63, 3.8) is 0 Å². The topological polar surface area (TPSA) is 65.1 Å². The van der Waals surface area contributed by atoms with Gasteiger partial charge in [0.05, 0.1) is 26.7 Å². The van der Waals surface area contributed by atoms with Gasteiger partial charge in [-0.05, 0) is 20.9 Å². The van der Waals surface area contributed by atoms with Crippen molar-refractivity contribution in [2.75, 3.05) is 33.9 Å². The molecule has 0 unspecified atom stereocenters. The Morgan fingerprint density at radius 2 is 1.75 bits per heavy atom. The first-order valence-electron chi connectivity index (χ1n) is 5.17. The highest BCUT2D eigenvalue weighted by molar-refractivity contribution is 7.51. The number of carbonyl (C=O) groups excluding carboxylic acids is 1. The highest BCUT2D eigenvalue weighted by Gasteiger charge is 2.29. The minimum atomic E-state index is -3.25. The summed E-state index contributed by atoms with van der Waals surface area (Å²) in [7, 11) is -0.347. The molecule has 0 saturated carbocycles. The summed E-state index contributed by atoms with van der Waals surface area (Å²) in [5, 5.41) is 0. The molecule has 0 rings (SSSR count). The summed E-state index contributed by atoms with van der Waals surface area (Å²) in [5.41, 5.74) is 0. The predicted molar refractivity (Wildman–Crippen MR) is 60.1 cm³/mol. The third kappa shape index (κ3) is 5.07. The molecule has 96 valence electrons. The van der Waals surface area contributed by atoms with Gasteiger partial charge >= 0.3 is 13.7 Å². The van der Waals surface area contributed by atoms with E-state index < -0.39 is 7.75 Å². The van der Waals surface area contributed by atoms with E-state index in [4.69, 9.17) is 9.05 Å². The fourth-order valence-corrected chi connectivity index (χ4v) is 2.50. The summed E-state index contributed by atoms with van der Waals surface area (Å²) < 4.78 is 28.3. The van der Waals surface area contributed by atoms with Crippen molar-refractivity contribution in [2.24, 2.45) is 0 Å². The van der Waals surface area contributed by atoms with Gasteiger partial charge in [-0.15, -0.1) is 0 Å². The molecule has 7 heteroatoms. The van der Waals surface area contributed by atoms with Gasteiger partial charge in [-0.1, -0.05) is 0 Å². The predicted octanol–water partition coefficient (Wildman–Crippen LogP) is 1.66. The molecule has 0 N–H and O–H groups in total. The molecular formula is C9H20NO5P. The summed E-state index contributed by atoms with van der Waals surface area (Å²) in [6.45, 7) is 4.32. The third-order valence-corrected chi connectivity index (χ3v) is 4.08. The molecule has 0 saturated heterocycles. The number of rotatable bonds is 8. The molecule has 6 nitrogen and oxygen atoms in total. The summed E-state index contributed by atoms with van der Waals surface area (Å²) >= 11 is 0. The van der Waals surface area contributed by atoms with Crippen molar-refractivity contribution >= 4 is 13.7 Å². The number of ether oxygens (including phenoxy) is 1. The zero-order chi connectivity index (χ0) is 12.6. The summed E-state index contributed by atoms with van der Waals surface area (Å²) in [6, 6.07) is 0. The second-order valence-corrected chi connectivity index (χ2v) is 5.15. The van der Waals surface area contributed by atoms with Crippen LogP contribution in [0.4, 0.5) is 0 Å². The van der Waals surface area contributed by atoms with Gasteiger partial charge in [-0.25, -0.2) is 9.24 Å². The Bertz CT molecular complexity index is 248. The quantitative estimate of drug-likeness (QED) is 0.484. The Morgan fingerprint density at radius 3 is 2.12 bits per heavy atom. The Kier molecular flexibility index (Phi) is 7.58. The Morgan fingerprint density at radius 1 is 1.25 bits per heavy atom. The second-order valence-electron chi connectivity index (χ2n) is 3.01. The maximum absolute atomic E-state index is 12.1. The Labute approximate surface area is 96.4 Å². The summed E-state index contributed by atoms with van der Waals surface area (Å²) in [6.07, 6.45) is 0.150. The van der Waals surface area contributed by atoms with Crippen molar-refractivity contribution in [1.82, 2.24) is 4.67 Å². The van der Waals surface area contributed by atoms with Crippen LogP contribution in [0.15, 0.2) is 0 Å². The highest BCUT2D eigenvalue weighted by atomic mass is 31.2. The normalized spacial score (nSPS) is 11.8. The molecule has 16 heavy (non-hydrogen) atoms. The van der Waals surface area contributed by atoms with Crippen LogP contribution >= 0.6 is 7.75 Å². The molecule has 0 spiro atoms. The molecule has 0 aliphatic heterocycles. The Balaban J connectivity index is 4.32. The van der Waals surface area contributed by atoms with Crippen LogP contribution in [0.3, 0.4) is 0 Å². The number of nitrogens with zero attached hydrogens (tertiary/aromatic N) is 1. The Hall–Kier alpha value is -0.420. The van der Waals surface area contributed by atoms with Crippen LogP contribution in [0.25, 0.3) is 0 Å². The van der Waals surface area contributed by atoms with Gasteiger partial charge in [0.25, 0.3) is 0 Å². The minimum Gasteiger partial charge on any atom is -0.469 e. The van der Waals surface area contributed by atoms with E-state index in [1.165, 1.54) is 11.8 Å². The second kappa shape index (κ2) is 7.79. The van der Waals surface area contributed by atoms with E-state index in [0.717, 1.165) is 0 Å². The van der Waals surface area contributed by atoms with Crippen LogP contribution < -0.4 is 0 Å². The largest absolute Gasteiger partial charge is 0.469 e. The van der Waals surface area contributed by atoms with E-state index >= 15 is 0 Å². The van der Waals surface area contributed by atoms with Crippen LogP contribution in [-0.2, 0) is 23.1 Å². The molecule has 0 aliphatic carbocycles. The first kappa shape index (κ1) is 15.6. The molecule has 0 heterocycles. The van der Waals surface area contributed by atoms with Crippen molar-refractivity contribution < 1.29 is 23.1 Å². The fourth-order valence-electron chi connectivity index (χ4n) is 1.04. The molecule has 0 amide bonds. The smallest absolute Gasteiger partial charge is 0.407 e. The van der Waals surface area contributed by atoms with Crippen molar-refractivity contribution in [3.05, 3.63) is 0 Å². The maximum atomic E-state index is 12.1. The molecule has 0 aromatic rings. The lowest BCUT2D eigenvalue weighted by Crippen LogP contribution is -2.22. The molecule has 0 aromatic carbocycles. The van der Waals surface area contributed by atoms with E-state index in [1.807, 2.05) is 0 Å². The third-order valence-electron chi connectivity index (χ3n) is 1.87. The zero-order valence-corrected chi connectivity index (χ0v) is 11.2. The van der Waals surface area contributed by atoms with E-state index in [0.29, 0.717) is 13.2 Å². The van der Waals surface area contributed by atoms with Gasteiger partial charge in [0.1, 0.15) is 0 Å². The number of hydrogen-bond acceptors (Lipinski definition) is 5. The maximum Gasteiger partial charge on any atom is 0.407 e. The van der Waals surface area contributed by atoms with Crippen LogP contribution in [0.1, 0.15) is 20.3 Å². The lowest BCUT2D eigenvalue weighted by molar-refractivity contribution is -0.140. The fraction of sp³-hybridized carbons (Fsp3) is 0.889. The summed E-state index contributed by atoms with van der Waals surface area (Å²) in [4.78, 5) is 10.9. The van der Waals surface area contributed by atoms with Crippen molar-refractivity contribution in [1.29, 1.82) is 0 Å². The molecule has 0 radical (unpaired) electrons. The average molecular weight is 253 g/mol. The average Bonchev–Trinajstić information content (AvgIpc) is 2.25. The van der Waals surface area contributed by atoms with E-state index in [-0.39, 0.29) is 18.9 Å². The minimum absolute atomic E-state index is 0.150. The lowest BCUT2D eigenvalue weighted by Gasteiger charge is -2.25. The molecule has 0 bridgehead atoms. The van der Waals surface area contributed by atoms with Gasteiger partial charge in [-0.3, -0.25) is 13.8 Å². The van der Waals surface area contributed by atoms with Crippen molar-refractivity contribution in [3.8, 4) is 0 Å². The molecule has 0 fully saturated rings. The molecule has 0 aromatic heterocycles. The van der Waals surface area contributed by atoms with E-state index in [1.54, 1.807) is 20.9 Å². The molecule has 0 atom stereocenters. The number of esters is 1. The zero-order valence-electron chi connectivity index (χ0n) is 10.3. The number of carbonyl (C=O) groups is 1. The summed E-state index contributed by atoms with van der Waals surface area (Å²) in [5.74, 6) is -0.355. The van der Waals surface area contributed by atoms with Crippen LogP contribution in [0.5, 0.6) is 0 Å². The van der Waals surface area contributed by atoms with Gasteiger partial charge in [-0.2, -0.15) is 0 Å². The SMILES string of the molecule is CCOP(=O)(OCC)N(C)CCC(=O)OC. The first-order chi connectivity index (χ1) is 7.50. The molecular weight excluding hydrogens is 233 g/mol. The highest BCUT2D eigenvalue weighted by Crippen LogP contribution is 2.50. The van der Waals surface area contributed by atoms with E-state index in [2.05, 4.69) is 4.74 Å². The van der Waals surface area contributed by atoms with Crippen molar-refractivity contribution in [2.45, 2.75) is 20.3 Å². The van der Waals surface area contributed by atoms with Crippen LogP contribution in [-0.4, -0.2) is 44.6 Å². The first-order valence-corrected chi connectivity index (χ1v) is 6.67. The van der Waals surface area contributed by atoms with Gasteiger partial charge in [0, 0.05) is 6.54 Å². The standard InChI is InChI=1S/C9H20NO5P/c1-5-14-16(12,15-6-2)10(3)8-7-9(11)13-4/h5-8H2,1-4H3. The van der Waals surface area contributed by atoms with E-state index in [9.17, 15) is 9.36 Å². The number of hydrogen-bond donors (Lipinski definition) is 0.